The summed E-state index contributed by atoms with van der Waals surface area (Å²) in [4.78, 5) is 27.6. The number of hydrogen-bond acceptors (Lipinski definition) is 11. The van der Waals surface area contributed by atoms with Crippen LogP contribution in [0.4, 0.5) is 0 Å². The monoisotopic (exact) mass is 558 g/mol. The van der Waals surface area contributed by atoms with E-state index in [1.54, 1.807) is 0 Å². The van der Waals surface area contributed by atoms with E-state index in [1.165, 1.54) is 48.5 Å². The lowest BCUT2D eigenvalue weighted by atomic mass is 9.80. The summed E-state index contributed by atoms with van der Waals surface area (Å²) in [5, 5.41) is 73.1. The topological polar surface area (TPSA) is 194 Å². The average molecular weight is 558 g/mol. The molecule has 0 aromatic heterocycles. The van der Waals surface area contributed by atoms with Crippen LogP contribution >= 0.6 is 0 Å². The number of rotatable bonds is 5. The summed E-state index contributed by atoms with van der Waals surface area (Å²) in [6, 6.07) is 14.1. The summed E-state index contributed by atoms with van der Waals surface area (Å²) in [5.74, 6) is -7.81. The summed E-state index contributed by atoms with van der Waals surface area (Å²) < 4.78 is 11.9. The Morgan fingerprint density at radius 3 is 1.76 bits per heavy atom. The van der Waals surface area contributed by atoms with Crippen molar-refractivity contribution in [3.8, 4) is 46.0 Å². The van der Waals surface area contributed by atoms with Gasteiger partial charge in [-0.05, 0) is 35.4 Å². The van der Waals surface area contributed by atoms with Gasteiger partial charge in [0.25, 0.3) is 5.79 Å². The van der Waals surface area contributed by atoms with Crippen molar-refractivity contribution >= 4 is 11.6 Å². The van der Waals surface area contributed by atoms with Gasteiger partial charge in [-0.25, -0.2) is 0 Å². The Kier molecular flexibility index (Phi) is 5.54. The largest absolute Gasteiger partial charge is 0.508 e. The van der Waals surface area contributed by atoms with Crippen molar-refractivity contribution in [3.05, 3.63) is 94.5 Å². The number of phenols is 6. The fourth-order valence-corrected chi connectivity index (χ4v) is 5.36. The second kappa shape index (κ2) is 8.80. The van der Waals surface area contributed by atoms with Gasteiger partial charge in [-0.1, -0.05) is 24.3 Å². The second-order valence-electron chi connectivity index (χ2n) is 9.99. The van der Waals surface area contributed by atoms with Crippen molar-refractivity contribution < 1.29 is 54.8 Å². The molecule has 2 unspecified atom stereocenters. The van der Waals surface area contributed by atoms with Crippen molar-refractivity contribution in [2.75, 3.05) is 0 Å². The van der Waals surface area contributed by atoms with Gasteiger partial charge in [-0.15, -0.1) is 0 Å². The van der Waals surface area contributed by atoms with Crippen LogP contribution < -0.4 is 9.47 Å². The molecule has 0 amide bonds. The minimum absolute atomic E-state index is 0.0468. The van der Waals surface area contributed by atoms with Crippen molar-refractivity contribution in [1.29, 1.82) is 0 Å². The molecule has 0 bridgehead atoms. The third-order valence-corrected chi connectivity index (χ3v) is 7.21. The SMILES string of the molecule is O=C1c2c(O)cc(O)c(C3(Cc4ccc(O)cc4)Oc4cc(O)cc(O)c4C3=O)c2OC1(O)Cc1ccc(O)cc1. The highest BCUT2D eigenvalue weighted by Crippen LogP contribution is 2.56. The molecule has 2 atom stereocenters. The van der Waals surface area contributed by atoms with E-state index in [0.29, 0.717) is 11.1 Å². The zero-order valence-electron chi connectivity index (χ0n) is 21.0. The minimum Gasteiger partial charge on any atom is -0.508 e. The molecular weight excluding hydrogens is 536 g/mol. The first-order valence-corrected chi connectivity index (χ1v) is 12.3. The van der Waals surface area contributed by atoms with E-state index in [-0.39, 0.29) is 29.2 Å². The van der Waals surface area contributed by atoms with Gasteiger partial charge in [0.1, 0.15) is 57.1 Å². The molecule has 2 aliphatic rings. The lowest BCUT2D eigenvalue weighted by Crippen LogP contribution is -2.43. The Balaban J connectivity index is 1.55. The van der Waals surface area contributed by atoms with Crippen molar-refractivity contribution in [2.45, 2.75) is 24.2 Å². The molecule has 0 radical (unpaired) electrons. The fraction of sp³-hybridized carbons (Fsp3) is 0.133. The minimum atomic E-state index is -2.58. The van der Waals surface area contributed by atoms with Gasteiger partial charge in [0.05, 0.1) is 5.56 Å². The first kappa shape index (κ1) is 25.8. The Hall–Kier alpha value is -5.42. The highest BCUT2D eigenvalue weighted by atomic mass is 16.6. The number of ether oxygens (including phenoxy) is 2. The van der Waals surface area contributed by atoms with Crippen LogP contribution in [0.1, 0.15) is 37.4 Å². The molecule has 2 heterocycles. The summed E-state index contributed by atoms with van der Waals surface area (Å²) >= 11 is 0. The van der Waals surface area contributed by atoms with Gasteiger partial charge in [-0.3, -0.25) is 9.59 Å². The quantitative estimate of drug-likeness (QED) is 0.190. The summed E-state index contributed by atoms with van der Waals surface area (Å²) in [7, 11) is 0. The number of hydrogen-bond donors (Lipinski definition) is 7. The predicted molar refractivity (Wildman–Crippen MR) is 140 cm³/mol. The number of phenolic OH excluding ortho intramolecular Hbond substituents is 6. The third-order valence-electron chi connectivity index (χ3n) is 7.21. The number of benzene rings is 4. The number of ketones is 2. The van der Waals surface area contributed by atoms with Crippen molar-refractivity contribution in [3.63, 3.8) is 0 Å². The van der Waals surface area contributed by atoms with Gasteiger partial charge in [-0.2, -0.15) is 0 Å². The van der Waals surface area contributed by atoms with Crippen LogP contribution in [0.3, 0.4) is 0 Å². The first-order chi connectivity index (χ1) is 19.4. The number of aliphatic hydroxyl groups is 1. The van der Waals surface area contributed by atoms with Crippen LogP contribution in [0.5, 0.6) is 46.0 Å². The van der Waals surface area contributed by atoms with E-state index in [4.69, 9.17) is 9.47 Å². The number of carbonyl (C=O) groups is 2. The molecule has 0 saturated carbocycles. The molecule has 11 heteroatoms. The van der Waals surface area contributed by atoms with Crippen LogP contribution in [0.2, 0.25) is 0 Å². The Bertz CT molecular complexity index is 1740. The second-order valence-corrected chi connectivity index (χ2v) is 9.99. The van der Waals surface area contributed by atoms with E-state index in [0.717, 1.165) is 18.2 Å². The van der Waals surface area contributed by atoms with Gasteiger partial charge in [0.15, 0.2) is 0 Å². The average Bonchev–Trinajstić information content (AvgIpc) is 3.32. The molecule has 0 fully saturated rings. The lowest BCUT2D eigenvalue weighted by molar-refractivity contribution is -0.0903. The Morgan fingerprint density at radius 2 is 1.15 bits per heavy atom. The number of aromatic hydroxyl groups is 6. The summed E-state index contributed by atoms with van der Waals surface area (Å²) in [6.45, 7) is 0. The highest BCUT2D eigenvalue weighted by molar-refractivity contribution is 6.13. The Labute approximate surface area is 231 Å². The molecule has 41 heavy (non-hydrogen) atoms. The van der Waals surface area contributed by atoms with E-state index in [9.17, 15) is 45.3 Å². The van der Waals surface area contributed by atoms with E-state index in [2.05, 4.69) is 0 Å². The van der Waals surface area contributed by atoms with Gasteiger partial charge in [0.2, 0.25) is 17.2 Å². The Morgan fingerprint density at radius 1 is 0.585 bits per heavy atom. The van der Waals surface area contributed by atoms with Crippen LogP contribution in [0, 0.1) is 0 Å². The molecule has 7 N–H and O–H groups in total. The molecule has 4 aromatic carbocycles. The van der Waals surface area contributed by atoms with Crippen LogP contribution in [-0.2, 0) is 18.4 Å². The summed E-state index contributed by atoms with van der Waals surface area (Å²) in [6.07, 6.45) is -0.755. The molecule has 4 aromatic rings. The predicted octanol–water partition coefficient (Wildman–Crippen LogP) is 3.14. The van der Waals surface area contributed by atoms with E-state index >= 15 is 0 Å². The number of fused-ring (bicyclic) bond motifs is 2. The first-order valence-electron chi connectivity index (χ1n) is 12.3. The number of carbonyl (C=O) groups excluding carboxylic acids is 2. The van der Waals surface area contributed by atoms with Crippen LogP contribution in [0.15, 0.2) is 66.7 Å². The van der Waals surface area contributed by atoms with E-state index in [1.807, 2.05) is 0 Å². The zero-order chi connectivity index (χ0) is 29.3. The fourth-order valence-electron chi connectivity index (χ4n) is 5.36. The molecule has 2 aliphatic heterocycles. The number of Topliss-reactive ketones (excluding diaryl/α,β-unsaturated/α-hetero) is 2. The van der Waals surface area contributed by atoms with Gasteiger partial charge < -0.3 is 45.2 Å². The highest BCUT2D eigenvalue weighted by Gasteiger charge is 2.58. The summed E-state index contributed by atoms with van der Waals surface area (Å²) in [5.41, 5.74) is -2.66. The lowest BCUT2D eigenvalue weighted by Gasteiger charge is -2.30. The van der Waals surface area contributed by atoms with Gasteiger partial charge >= 0.3 is 0 Å². The van der Waals surface area contributed by atoms with Crippen molar-refractivity contribution in [1.82, 2.24) is 0 Å². The molecule has 11 nitrogen and oxygen atoms in total. The standard InChI is InChI=1S/C30H22O11/c31-16-5-1-14(2-6-16)12-29(27(37)23-19(34)9-18(33)10-22(23)40-29)25-21(36)11-20(35)24-26(25)41-30(39,28(24)38)13-15-3-7-17(32)8-4-15/h1-11,31-36,39H,12-13H2. The maximum atomic E-state index is 14.1. The smallest absolute Gasteiger partial charge is 0.277 e. The zero-order valence-corrected chi connectivity index (χ0v) is 21.0. The van der Waals surface area contributed by atoms with Crippen LogP contribution in [-0.4, -0.2) is 53.1 Å². The maximum Gasteiger partial charge on any atom is 0.277 e. The molecule has 0 spiro atoms. The molecule has 0 aliphatic carbocycles. The third kappa shape index (κ3) is 3.94. The van der Waals surface area contributed by atoms with Gasteiger partial charge in [0, 0.05) is 31.0 Å². The molecule has 208 valence electrons. The maximum absolute atomic E-state index is 14.1. The molecule has 6 rings (SSSR count). The molecule has 0 saturated heterocycles. The molecular formula is C30H22O11. The van der Waals surface area contributed by atoms with Crippen molar-refractivity contribution in [2.24, 2.45) is 0 Å². The van der Waals surface area contributed by atoms with Crippen LogP contribution in [0.25, 0.3) is 0 Å². The normalized spacial score (nSPS) is 20.8. The van der Waals surface area contributed by atoms with E-state index < -0.39 is 69.2 Å².